The van der Waals surface area contributed by atoms with Crippen LogP contribution < -0.4 is 5.32 Å². The summed E-state index contributed by atoms with van der Waals surface area (Å²) in [5, 5.41) is 10.5. The number of hydrogen-bond donors (Lipinski definition) is 2. The Morgan fingerprint density at radius 1 is 1.38 bits per heavy atom. The summed E-state index contributed by atoms with van der Waals surface area (Å²) >= 11 is 3.45. The Morgan fingerprint density at radius 3 is 2.81 bits per heavy atom. The fourth-order valence-corrected chi connectivity index (χ4v) is 2.02. The summed E-state index contributed by atoms with van der Waals surface area (Å²) in [7, 11) is 0. The zero-order valence-corrected chi connectivity index (χ0v) is 10.9. The second-order valence-electron chi connectivity index (χ2n) is 3.78. The fraction of sp³-hybridized carbons (Fsp3) is 0.250. The van der Waals surface area contributed by atoms with Gasteiger partial charge in [-0.25, -0.2) is 0 Å². The Bertz CT molecular complexity index is 471. The molecular formula is C12H14BrN3. The smallest absolute Gasteiger partial charge is 0.0643 e. The molecule has 0 bridgehead atoms. The van der Waals surface area contributed by atoms with Crippen molar-refractivity contribution in [2.45, 2.75) is 20.4 Å². The van der Waals surface area contributed by atoms with Gasteiger partial charge in [-0.1, -0.05) is 22.0 Å². The summed E-state index contributed by atoms with van der Waals surface area (Å²) in [5.41, 5.74) is 4.52. The molecular weight excluding hydrogens is 266 g/mol. The van der Waals surface area contributed by atoms with Crippen LogP contribution >= 0.6 is 15.9 Å². The number of hydrogen-bond acceptors (Lipinski definition) is 2. The van der Waals surface area contributed by atoms with E-state index in [9.17, 15) is 0 Å². The molecule has 2 N–H and O–H groups in total. The molecule has 0 atom stereocenters. The summed E-state index contributed by atoms with van der Waals surface area (Å²) in [6.45, 7) is 4.85. The van der Waals surface area contributed by atoms with Crippen molar-refractivity contribution in [3.63, 3.8) is 0 Å². The summed E-state index contributed by atoms with van der Waals surface area (Å²) in [6, 6.07) is 8.14. The SMILES string of the molecule is Cc1n[nH]c(C)c1CNc1cccc(Br)c1. The van der Waals surface area contributed by atoms with Crippen molar-refractivity contribution in [2.24, 2.45) is 0 Å². The number of benzene rings is 1. The van der Waals surface area contributed by atoms with E-state index in [-0.39, 0.29) is 0 Å². The lowest BCUT2D eigenvalue weighted by Gasteiger charge is -2.06. The lowest BCUT2D eigenvalue weighted by molar-refractivity contribution is 1.02. The van der Waals surface area contributed by atoms with Gasteiger partial charge in [-0.05, 0) is 32.0 Å². The molecule has 0 aliphatic heterocycles. The number of anilines is 1. The van der Waals surface area contributed by atoms with Crippen molar-refractivity contribution in [2.75, 3.05) is 5.32 Å². The Labute approximate surface area is 103 Å². The minimum atomic E-state index is 0.796. The molecule has 0 fully saturated rings. The van der Waals surface area contributed by atoms with Gasteiger partial charge in [0.05, 0.1) is 5.69 Å². The van der Waals surface area contributed by atoms with Gasteiger partial charge in [-0.2, -0.15) is 5.10 Å². The predicted molar refractivity (Wildman–Crippen MR) is 69.5 cm³/mol. The van der Waals surface area contributed by atoms with Crippen LogP contribution in [0.1, 0.15) is 17.0 Å². The molecule has 0 saturated heterocycles. The second kappa shape index (κ2) is 4.70. The summed E-state index contributed by atoms with van der Waals surface area (Å²) in [4.78, 5) is 0. The van der Waals surface area contributed by atoms with Crippen molar-refractivity contribution < 1.29 is 0 Å². The first-order chi connectivity index (χ1) is 7.66. The topological polar surface area (TPSA) is 40.7 Å². The second-order valence-corrected chi connectivity index (χ2v) is 4.69. The van der Waals surface area contributed by atoms with Crippen LogP contribution in [-0.4, -0.2) is 10.2 Å². The van der Waals surface area contributed by atoms with E-state index in [2.05, 4.69) is 43.6 Å². The van der Waals surface area contributed by atoms with Crippen LogP contribution in [0, 0.1) is 13.8 Å². The van der Waals surface area contributed by atoms with Gasteiger partial charge in [-0.15, -0.1) is 0 Å². The first-order valence-corrected chi connectivity index (χ1v) is 5.96. The van der Waals surface area contributed by atoms with Crippen LogP contribution in [0.25, 0.3) is 0 Å². The van der Waals surface area contributed by atoms with Gasteiger partial charge in [0.1, 0.15) is 0 Å². The molecule has 3 nitrogen and oxygen atoms in total. The van der Waals surface area contributed by atoms with Crippen LogP contribution in [-0.2, 0) is 6.54 Å². The molecule has 1 aromatic carbocycles. The Hall–Kier alpha value is -1.29. The zero-order chi connectivity index (χ0) is 11.5. The van der Waals surface area contributed by atoms with E-state index in [1.807, 2.05) is 26.0 Å². The summed E-state index contributed by atoms with van der Waals surface area (Å²) < 4.78 is 1.08. The van der Waals surface area contributed by atoms with Gasteiger partial charge in [0.25, 0.3) is 0 Å². The van der Waals surface area contributed by atoms with Gasteiger partial charge in [0.2, 0.25) is 0 Å². The lowest BCUT2D eigenvalue weighted by atomic mass is 10.2. The van der Waals surface area contributed by atoms with Crippen molar-refractivity contribution in [1.82, 2.24) is 10.2 Å². The predicted octanol–water partition coefficient (Wildman–Crippen LogP) is 3.40. The first kappa shape index (κ1) is 11.2. The van der Waals surface area contributed by atoms with Crippen molar-refractivity contribution in [1.29, 1.82) is 0 Å². The maximum Gasteiger partial charge on any atom is 0.0643 e. The first-order valence-electron chi connectivity index (χ1n) is 5.16. The number of nitrogens with one attached hydrogen (secondary N) is 2. The maximum atomic E-state index is 4.17. The van der Waals surface area contributed by atoms with Crippen LogP contribution in [0.3, 0.4) is 0 Å². The van der Waals surface area contributed by atoms with Gasteiger partial charge in [0.15, 0.2) is 0 Å². The monoisotopic (exact) mass is 279 g/mol. The van der Waals surface area contributed by atoms with Gasteiger partial charge < -0.3 is 5.32 Å². The molecule has 0 radical (unpaired) electrons. The molecule has 2 aromatic rings. The molecule has 0 unspecified atom stereocenters. The number of nitrogens with zero attached hydrogens (tertiary/aromatic N) is 1. The largest absolute Gasteiger partial charge is 0.381 e. The van der Waals surface area contributed by atoms with Crippen molar-refractivity contribution in [3.8, 4) is 0 Å². The van der Waals surface area contributed by atoms with Crippen molar-refractivity contribution >= 4 is 21.6 Å². The Kier molecular flexibility index (Phi) is 3.29. The minimum absolute atomic E-state index is 0.796. The standard InChI is InChI=1S/C12H14BrN3/c1-8-12(9(2)16-15-8)7-14-11-5-3-4-10(13)6-11/h3-6,14H,7H2,1-2H3,(H,15,16). The molecule has 0 aliphatic carbocycles. The van der Waals surface area contributed by atoms with Crippen LogP contribution in [0.2, 0.25) is 0 Å². The molecule has 0 spiro atoms. The number of halogens is 1. The Morgan fingerprint density at radius 2 is 2.19 bits per heavy atom. The average Bonchev–Trinajstić information content (AvgIpc) is 2.56. The Balaban J connectivity index is 2.08. The molecule has 16 heavy (non-hydrogen) atoms. The molecule has 84 valence electrons. The number of H-pyrrole nitrogens is 1. The van der Waals surface area contributed by atoms with E-state index in [1.165, 1.54) is 5.56 Å². The third kappa shape index (κ3) is 2.44. The highest BCUT2D eigenvalue weighted by atomic mass is 79.9. The molecule has 1 aromatic heterocycles. The molecule has 1 heterocycles. The molecule has 4 heteroatoms. The van der Waals surface area contributed by atoms with Crippen LogP contribution in [0.5, 0.6) is 0 Å². The van der Waals surface area contributed by atoms with E-state index in [0.29, 0.717) is 0 Å². The van der Waals surface area contributed by atoms with E-state index in [0.717, 1.165) is 28.1 Å². The maximum absolute atomic E-state index is 4.17. The molecule has 2 rings (SSSR count). The normalized spacial score (nSPS) is 10.4. The van der Waals surface area contributed by atoms with Crippen LogP contribution in [0.4, 0.5) is 5.69 Å². The quantitative estimate of drug-likeness (QED) is 0.904. The number of rotatable bonds is 3. The number of aryl methyl sites for hydroxylation is 2. The molecule has 0 saturated carbocycles. The highest BCUT2D eigenvalue weighted by Gasteiger charge is 2.05. The molecule has 0 aliphatic rings. The van der Waals surface area contributed by atoms with E-state index in [1.54, 1.807) is 0 Å². The van der Waals surface area contributed by atoms with Crippen LogP contribution in [0.15, 0.2) is 28.7 Å². The highest BCUT2D eigenvalue weighted by molar-refractivity contribution is 9.10. The number of aromatic amines is 1. The van der Waals surface area contributed by atoms with E-state index >= 15 is 0 Å². The zero-order valence-electron chi connectivity index (χ0n) is 9.34. The summed E-state index contributed by atoms with van der Waals surface area (Å²) in [5.74, 6) is 0. The third-order valence-electron chi connectivity index (χ3n) is 2.57. The minimum Gasteiger partial charge on any atom is -0.381 e. The van der Waals surface area contributed by atoms with E-state index < -0.39 is 0 Å². The summed E-state index contributed by atoms with van der Waals surface area (Å²) in [6.07, 6.45) is 0. The average molecular weight is 280 g/mol. The highest BCUT2D eigenvalue weighted by Crippen LogP contribution is 2.17. The van der Waals surface area contributed by atoms with Gasteiger partial charge >= 0.3 is 0 Å². The van der Waals surface area contributed by atoms with Gasteiger partial charge in [0, 0.05) is 28.0 Å². The lowest BCUT2D eigenvalue weighted by Crippen LogP contribution is -2.01. The third-order valence-corrected chi connectivity index (χ3v) is 3.07. The molecule has 0 amide bonds. The van der Waals surface area contributed by atoms with Crippen molar-refractivity contribution in [3.05, 3.63) is 45.7 Å². The van der Waals surface area contributed by atoms with Gasteiger partial charge in [-0.3, -0.25) is 5.10 Å². The van der Waals surface area contributed by atoms with E-state index in [4.69, 9.17) is 0 Å². The number of aromatic nitrogens is 2. The fourth-order valence-electron chi connectivity index (χ4n) is 1.62.